The number of hydrogen-bond donors (Lipinski definition) is 0. The zero-order valence-electron chi connectivity index (χ0n) is 14.7. The van der Waals surface area contributed by atoms with Gasteiger partial charge in [0.25, 0.3) is 5.91 Å². The zero-order valence-corrected chi connectivity index (χ0v) is 14.7. The number of likely N-dealkylation sites (tertiary alicyclic amines) is 1. The Hall–Kier alpha value is -2.24. The Kier molecular flexibility index (Phi) is 6.06. The van der Waals surface area contributed by atoms with Crippen LogP contribution in [0.1, 0.15) is 30.6 Å². The van der Waals surface area contributed by atoms with E-state index in [9.17, 15) is 9.59 Å². The molecule has 6 nitrogen and oxygen atoms in total. The second kappa shape index (κ2) is 8.04. The number of piperidine rings is 1. The highest BCUT2D eigenvalue weighted by atomic mass is 16.5. The molecule has 6 heteroatoms. The lowest BCUT2D eigenvalue weighted by Gasteiger charge is -2.34. The molecule has 0 bridgehead atoms. The van der Waals surface area contributed by atoms with Crippen LogP contribution < -0.4 is 9.47 Å². The first-order valence-electron chi connectivity index (χ1n) is 8.11. The molecule has 1 amide bonds. The van der Waals surface area contributed by atoms with Gasteiger partial charge >= 0.3 is 5.97 Å². The van der Waals surface area contributed by atoms with Crippen LogP contribution >= 0.6 is 0 Å². The lowest BCUT2D eigenvalue weighted by molar-refractivity contribution is -0.137. The Balaban J connectivity index is 1.99. The van der Waals surface area contributed by atoms with Gasteiger partial charge in [0.1, 0.15) is 17.1 Å². The molecular formula is C18H25NO5. The molecule has 1 saturated heterocycles. The predicted molar refractivity (Wildman–Crippen MR) is 89.4 cm³/mol. The molecule has 1 fully saturated rings. The molecule has 0 N–H and O–H groups in total. The van der Waals surface area contributed by atoms with E-state index in [1.807, 2.05) is 0 Å². The molecule has 1 heterocycles. The second-order valence-corrected chi connectivity index (χ2v) is 6.39. The fourth-order valence-corrected chi connectivity index (χ4v) is 3.14. The molecule has 1 aliphatic rings. The van der Waals surface area contributed by atoms with Gasteiger partial charge in [-0.15, -0.1) is 0 Å². The van der Waals surface area contributed by atoms with Crippen LogP contribution in [0.4, 0.5) is 0 Å². The molecule has 0 spiro atoms. The fourth-order valence-electron chi connectivity index (χ4n) is 3.14. The summed E-state index contributed by atoms with van der Waals surface area (Å²) in [5.74, 6) is 1.07. The number of benzene rings is 1. The largest absolute Gasteiger partial charge is 0.497 e. The van der Waals surface area contributed by atoms with E-state index in [4.69, 9.17) is 14.2 Å². The first-order valence-corrected chi connectivity index (χ1v) is 8.11. The summed E-state index contributed by atoms with van der Waals surface area (Å²) in [6.45, 7) is 5.41. The normalized spacial score (nSPS) is 20.4. The van der Waals surface area contributed by atoms with Crippen LogP contribution in [0.3, 0.4) is 0 Å². The summed E-state index contributed by atoms with van der Waals surface area (Å²) < 4.78 is 15.5. The summed E-state index contributed by atoms with van der Waals surface area (Å²) in [6.07, 6.45) is 1.12. The van der Waals surface area contributed by atoms with E-state index in [1.54, 1.807) is 17.0 Å². The Morgan fingerprint density at radius 3 is 2.38 bits per heavy atom. The number of esters is 1. The van der Waals surface area contributed by atoms with Gasteiger partial charge in [-0.3, -0.25) is 4.79 Å². The van der Waals surface area contributed by atoms with Gasteiger partial charge in [0, 0.05) is 13.1 Å². The monoisotopic (exact) mass is 335 g/mol. The van der Waals surface area contributed by atoms with Crippen molar-refractivity contribution in [1.82, 2.24) is 4.90 Å². The first kappa shape index (κ1) is 18.1. The number of nitrogens with zero attached hydrogens (tertiary/aromatic N) is 1. The maximum Gasteiger partial charge on any atom is 0.342 e. The molecule has 2 rings (SSSR count). The van der Waals surface area contributed by atoms with Crippen molar-refractivity contribution in [2.24, 2.45) is 11.8 Å². The third kappa shape index (κ3) is 4.40. The quantitative estimate of drug-likeness (QED) is 0.773. The van der Waals surface area contributed by atoms with Crippen LogP contribution in [0.15, 0.2) is 18.2 Å². The van der Waals surface area contributed by atoms with E-state index in [0.717, 1.165) is 6.42 Å². The van der Waals surface area contributed by atoms with Gasteiger partial charge in [-0.05, 0) is 36.5 Å². The molecule has 0 radical (unpaired) electrons. The van der Waals surface area contributed by atoms with E-state index in [1.165, 1.54) is 20.3 Å². The minimum Gasteiger partial charge on any atom is -0.497 e. The van der Waals surface area contributed by atoms with E-state index >= 15 is 0 Å². The molecule has 0 saturated carbocycles. The minimum atomic E-state index is -0.600. The van der Waals surface area contributed by atoms with Crippen LogP contribution in [-0.2, 0) is 9.53 Å². The van der Waals surface area contributed by atoms with Crippen molar-refractivity contribution in [2.45, 2.75) is 20.3 Å². The Morgan fingerprint density at radius 1 is 1.12 bits per heavy atom. The topological polar surface area (TPSA) is 65.1 Å². The maximum atomic E-state index is 12.3. The van der Waals surface area contributed by atoms with Crippen molar-refractivity contribution in [3.8, 4) is 11.5 Å². The van der Waals surface area contributed by atoms with Crippen LogP contribution in [0.5, 0.6) is 11.5 Å². The van der Waals surface area contributed by atoms with Crippen molar-refractivity contribution >= 4 is 11.9 Å². The molecule has 0 aromatic heterocycles. The van der Waals surface area contributed by atoms with Gasteiger partial charge in [0.2, 0.25) is 0 Å². The Labute approximate surface area is 142 Å². The van der Waals surface area contributed by atoms with Crippen molar-refractivity contribution in [2.75, 3.05) is 33.9 Å². The molecule has 1 aromatic rings. The van der Waals surface area contributed by atoms with Gasteiger partial charge in [0.15, 0.2) is 6.61 Å². The van der Waals surface area contributed by atoms with Crippen molar-refractivity contribution in [3.05, 3.63) is 23.8 Å². The van der Waals surface area contributed by atoms with Crippen LogP contribution in [0.25, 0.3) is 0 Å². The molecule has 1 aliphatic heterocycles. The first-order chi connectivity index (χ1) is 11.4. The van der Waals surface area contributed by atoms with Crippen molar-refractivity contribution in [3.63, 3.8) is 0 Å². The average molecular weight is 335 g/mol. The third-order valence-corrected chi connectivity index (χ3v) is 4.17. The van der Waals surface area contributed by atoms with Gasteiger partial charge < -0.3 is 19.1 Å². The molecule has 0 aliphatic carbocycles. The number of amides is 1. The van der Waals surface area contributed by atoms with E-state index in [0.29, 0.717) is 36.4 Å². The van der Waals surface area contributed by atoms with Crippen molar-refractivity contribution in [1.29, 1.82) is 0 Å². The third-order valence-electron chi connectivity index (χ3n) is 4.17. The van der Waals surface area contributed by atoms with Gasteiger partial charge in [-0.1, -0.05) is 13.8 Å². The highest BCUT2D eigenvalue weighted by Crippen LogP contribution is 2.25. The zero-order chi connectivity index (χ0) is 17.7. The summed E-state index contributed by atoms with van der Waals surface area (Å²) >= 11 is 0. The Bertz CT molecular complexity index is 591. The van der Waals surface area contributed by atoms with Crippen LogP contribution in [-0.4, -0.2) is 50.7 Å². The minimum absolute atomic E-state index is 0.163. The SMILES string of the molecule is COc1ccc(OC)c(C(=O)OCC(=O)N2C[C@H](C)C[C@@H](C)C2)c1. The number of ether oxygens (including phenoxy) is 3. The van der Waals surface area contributed by atoms with Gasteiger partial charge in [-0.25, -0.2) is 4.79 Å². The highest BCUT2D eigenvalue weighted by Gasteiger charge is 2.26. The number of methoxy groups -OCH3 is 2. The van der Waals surface area contributed by atoms with Gasteiger partial charge in [-0.2, -0.15) is 0 Å². The van der Waals surface area contributed by atoms with Crippen LogP contribution in [0.2, 0.25) is 0 Å². The van der Waals surface area contributed by atoms with Crippen LogP contribution in [0, 0.1) is 11.8 Å². The summed E-state index contributed by atoms with van der Waals surface area (Å²) in [5, 5.41) is 0. The lowest BCUT2D eigenvalue weighted by atomic mass is 9.92. The number of hydrogen-bond acceptors (Lipinski definition) is 5. The van der Waals surface area contributed by atoms with E-state index in [-0.39, 0.29) is 18.1 Å². The number of carbonyl (C=O) groups is 2. The molecule has 24 heavy (non-hydrogen) atoms. The maximum absolute atomic E-state index is 12.3. The highest BCUT2D eigenvalue weighted by molar-refractivity contribution is 5.94. The molecule has 0 unspecified atom stereocenters. The summed E-state index contributed by atoms with van der Waals surface area (Å²) in [5.41, 5.74) is 0.241. The summed E-state index contributed by atoms with van der Waals surface area (Å²) in [6, 6.07) is 4.86. The summed E-state index contributed by atoms with van der Waals surface area (Å²) in [7, 11) is 2.99. The van der Waals surface area contributed by atoms with E-state index in [2.05, 4.69) is 13.8 Å². The lowest BCUT2D eigenvalue weighted by Crippen LogP contribution is -2.44. The smallest absolute Gasteiger partial charge is 0.342 e. The van der Waals surface area contributed by atoms with Crippen molar-refractivity contribution < 1.29 is 23.8 Å². The molecule has 2 atom stereocenters. The fraction of sp³-hybridized carbons (Fsp3) is 0.556. The van der Waals surface area contributed by atoms with E-state index < -0.39 is 5.97 Å². The second-order valence-electron chi connectivity index (χ2n) is 6.39. The predicted octanol–water partition coefficient (Wildman–Crippen LogP) is 2.37. The average Bonchev–Trinajstić information content (AvgIpc) is 2.57. The van der Waals surface area contributed by atoms with Gasteiger partial charge in [0.05, 0.1) is 14.2 Å². The standard InChI is InChI=1S/C18H25NO5/c1-12-7-13(2)10-19(9-12)17(20)11-24-18(21)15-8-14(22-3)5-6-16(15)23-4/h5-6,8,12-13H,7,9-11H2,1-4H3/t12-,13-/m1/s1. The molecule has 1 aromatic carbocycles. The Morgan fingerprint density at radius 2 is 1.79 bits per heavy atom. The summed E-state index contributed by atoms with van der Waals surface area (Å²) in [4.78, 5) is 26.3. The number of carbonyl (C=O) groups excluding carboxylic acids is 2. The molecular weight excluding hydrogens is 310 g/mol. The number of rotatable bonds is 5. The molecule has 132 valence electrons.